The number of hydrogen-bond donors (Lipinski definition) is 1. The summed E-state index contributed by atoms with van der Waals surface area (Å²) in [7, 11) is 0. The molecule has 0 saturated carbocycles. The Morgan fingerprint density at radius 1 is 1.28 bits per heavy atom. The molecular weight excluding hydrogens is 366 g/mol. The van der Waals surface area contributed by atoms with E-state index in [9.17, 15) is 4.79 Å². The van der Waals surface area contributed by atoms with Crippen molar-refractivity contribution in [1.29, 1.82) is 0 Å². The van der Waals surface area contributed by atoms with E-state index in [-0.39, 0.29) is 11.8 Å². The fourth-order valence-electron chi connectivity index (χ4n) is 3.65. The summed E-state index contributed by atoms with van der Waals surface area (Å²) in [6.45, 7) is 4.67. The quantitative estimate of drug-likeness (QED) is 0.695. The molecule has 1 unspecified atom stereocenters. The van der Waals surface area contributed by atoms with Gasteiger partial charge in [-0.15, -0.1) is 0 Å². The lowest BCUT2D eigenvalue weighted by Crippen LogP contribution is -2.42. The summed E-state index contributed by atoms with van der Waals surface area (Å²) in [5.74, 6) is 1.22. The monoisotopic (exact) mass is 391 g/mol. The van der Waals surface area contributed by atoms with Gasteiger partial charge >= 0.3 is 0 Å². The first kappa shape index (κ1) is 19.3. The third-order valence-corrected chi connectivity index (χ3v) is 5.15. The van der Waals surface area contributed by atoms with E-state index in [0.717, 1.165) is 36.2 Å². The highest BCUT2D eigenvalue weighted by atomic mass is 16.5. The van der Waals surface area contributed by atoms with Gasteiger partial charge in [0.05, 0.1) is 24.7 Å². The number of hydrogen-bond acceptors (Lipinski definition) is 6. The van der Waals surface area contributed by atoms with Crippen molar-refractivity contribution in [3.63, 3.8) is 0 Å². The van der Waals surface area contributed by atoms with E-state index >= 15 is 0 Å². The lowest BCUT2D eigenvalue weighted by molar-refractivity contribution is -0.127. The number of amides is 1. The topological polar surface area (TPSA) is 84.2 Å². The molecule has 150 valence electrons. The summed E-state index contributed by atoms with van der Waals surface area (Å²) in [5, 5.41) is 7.12. The van der Waals surface area contributed by atoms with Crippen LogP contribution in [-0.2, 0) is 17.9 Å². The van der Waals surface area contributed by atoms with Gasteiger partial charge in [0, 0.05) is 18.3 Å². The molecule has 1 fully saturated rings. The number of nitrogens with zero attached hydrogens (tertiary/aromatic N) is 4. The minimum atomic E-state index is -0.0355. The number of nitrogens with one attached hydrogen (secondary N) is 1. The number of pyridine rings is 1. The Kier molecular flexibility index (Phi) is 5.95. The van der Waals surface area contributed by atoms with Crippen LogP contribution in [0.1, 0.15) is 30.0 Å². The summed E-state index contributed by atoms with van der Waals surface area (Å²) in [6.07, 6.45) is 3.60. The number of rotatable bonds is 6. The SMILES string of the molecule is Cc1cccc(-c2noc(CN3CCCC(C(=O)NCc4ccccn4)C3)n2)c1. The summed E-state index contributed by atoms with van der Waals surface area (Å²) < 4.78 is 5.45. The zero-order valence-corrected chi connectivity index (χ0v) is 16.5. The summed E-state index contributed by atoms with van der Waals surface area (Å²) in [5.41, 5.74) is 2.97. The molecule has 1 aliphatic heterocycles. The van der Waals surface area contributed by atoms with Crippen molar-refractivity contribution in [2.24, 2.45) is 5.92 Å². The van der Waals surface area contributed by atoms with Gasteiger partial charge in [-0.25, -0.2) is 0 Å². The van der Waals surface area contributed by atoms with Crippen LogP contribution in [0.2, 0.25) is 0 Å². The van der Waals surface area contributed by atoms with Crippen LogP contribution in [0.3, 0.4) is 0 Å². The second-order valence-corrected chi connectivity index (χ2v) is 7.49. The fourth-order valence-corrected chi connectivity index (χ4v) is 3.65. The molecular formula is C22H25N5O2. The maximum Gasteiger partial charge on any atom is 0.241 e. The Morgan fingerprint density at radius 2 is 2.21 bits per heavy atom. The number of aryl methyl sites for hydroxylation is 1. The predicted molar refractivity (Wildman–Crippen MR) is 109 cm³/mol. The van der Waals surface area contributed by atoms with Gasteiger partial charge in [-0.3, -0.25) is 14.7 Å². The Bertz CT molecular complexity index is 957. The highest BCUT2D eigenvalue weighted by Crippen LogP contribution is 2.21. The Balaban J connectivity index is 1.32. The second-order valence-electron chi connectivity index (χ2n) is 7.49. The second kappa shape index (κ2) is 8.96. The zero-order chi connectivity index (χ0) is 20.1. The van der Waals surface area contributed by atoms with Crippen molar-refractivity contribution in [2.75, 3.05) is 13.1 Å². The number of carbonyl (C=O) groups excluding carboxylic acids is 1. The van der Waals surface area contributed by atoms with E-state index in [2.05, 4.69) is 25.3 Å². The molecule has 1 aliphatic rings. The lowest BCUT2D eigenvalue weighted by atomic mass is 9.97. The van der Waals surface area contributed by atoms with Crippen LogP contribution in [0.5, 0.6) is 0 Å². The minimum Gasteiger partial charge on any atom is -0.350 e. The molecule has 0 aliphatic carbocycles. The standard InChI is InChI=1S/C22H25N5O2/c1-16-6-4-7-17(12-16)21-25-20(29-26-21)15-27-11-5-8-18(14-27)22(28)24-13-19-9-2-3-10-23-19/h2-4,6-7,9-10,12,18H,5,8,11,13-15H2,1H3,(H,24,28). The lowest BCUT2D eigenvalue weighted by Gasteiger charge is -2.30. The maximum atomic E-state index is 12.6. The molecule has 1 N–H and O–H groups in total. The summed E-state index contributed by atoms with van der Waals surface area (Å²) in [4.78, 5) is 23.6. The number of piperidine rings is 1. The van der Waals surface area contributed by atoms with Crippen LogP contribution < -0.4 is 5.32 Å². The van der Waals surface area contributed by atoms with E-state index in [1.807, 2.05) is 49.4 Å². The third-order valence-electron chi connectivity index (χ3n) is 5.15. The van der Waals surface area contributed by atoms with Crippen LogP contribution in [0.4, 0.5) is 0 Å². The molecule has 1 saturated heterocycles. The van der Waals surface area contributed by atoms with Gasteiger partial charge in [0.25, 0.3) is 0 Å². The molecule has 3 heterocycles. The maximum absolute atomic E-state index is 12.6. The minimum absolute atomic E-state index is 0.0355. The molecule has 0 radical (unpaired) electrons. The van der Waals surface area contributed by atoms with Gasteiger partial charge in [0.2, 0.25) is 17.6 Å². The van der Waals surface area contributed by atoms with Crippen LogP contribution in [0.25, 0.3) is 11.4 Å². The van der Waals surface area contributed by atoms with Crippen molar-refractivity contribution >= 4 is 5.91 Å². The van der Waals surface area contributed by atoms with Crippen molar-refractivity contribution in [1.82, 2.24) is 25.3 Å². The molecule has 1 atom stereocenters. The molecule has 3 aromatic rings. The summed E-state index contributed by atoms with van der Waals surface area (Å²) >= 11 is 0. The van der Waals surface area contributed by atoms with Crippen LogP contribution in [0, 0.1) is 12.8 Å². The highest BCUT2D eigenvalue weighted by Gasteiger charge is 2.26. The first-order valence-electron chi connectivity index (χ1n) is 9.97. The van der Waals surface area contributed by atoms with Gasteiger partial charge < -0.3 is 9.84 Å². The molecule has 29 heavy (non-hydrogen) atoms. The molecule has 0 spiro atoms. The Labute approximate surface area is 170 Å². The van der Waals surface area contributed by atoms with Crippen LogP contribution in [0.15, 0.2) is 53.2 Å². The number of aromatic nitrogens is 3. The number of likely N-dealkylation sites (tertiary alicyclic amines) is 1. The Hall–Kier alpha value is -3.06. The summed E-state index contributed by atoms with van der Waals surface area (Å²) in [6, 6.07) is 13.7. The van der Waals surface area contributed by atoms with E-state index in [4.69, 9.17) is 4.52 Å². The molecule has 7 heteroatoms. The largest absolute Gasteiger partial charge is 0.350 e. The first-order chi connectivity index (χ1) is 14.2. The van der Waals surface area contributed by atoms with Crippen molar-refractivity contribution < 1.29 is 9.32 Å². The zero-order valence-electron chi connectivity index (χ0n) is 16.5. The highest BCUT2D eigenvalue weighted by molar-refractivity contribution is 5.78. The Morgan fingerprint density at radius 3 is 3.03 bits per heavy atom. The average Bonchev–Trinajstić information content (AvgIpc) is 3.21. The van der Waals surface area contributed by atoms with E-state index in [1.54, 1.807) is 6.20 Å². The first-order valence-corrected chi connectivity index (χ1v) is 9.97. The van der Waals surface area contributed by atoms with E-state index in [1.165, 1.54) is 0 Å². The van der Waals surface area contributed by atoms with E-state index in [0.29, 0.717) is 31.3 Å². The molecule has 1 aromatic carbocycles. The molecule has 0 bridgehead atoms. The van der Waals surface area contributed by atoms with Crippen LogP contribution >= 0.6 is 0 Å². The van der Waals surface area contributed by atoms with Crippen molar-refractivity contribution in [3.8, 4) is 11.4 Å². The predicted octanol–water partition coefficient (Wildman–Crippen LogP) is 2.97. The number of benzene rings is 1. The van der Waals surface area contributed by atoms with Gasteiger partial charge in [-0.2, -0.15) is 4.98 Å². The van der Waals surface area contributed by atoms with Gasteiger partial charge in [-0.05, 0) is 44.5 Å². The van der Waals surface area contributed by atoms with Gasteiger partial charge in [0.1, 0.15) is 0 Å². The smallest absolute Gasteiger partial charge is 0.241 e. The van der Waals surface area contributed by atoms with Crippen molar-refractivity contribution in [2.45, 2.75) is 32.9 Å². The van der Waals surface area contributed by atoms with Crippen molar-refractivity contribution in [3.05, 3.63) is 65.8 Å². The van der Waals surface area contributed by atoms with Crippen LogP contribution in [-0.4, -0.2) is 39.0 Å². The van der Waals surface area contributed by atoms with Gasteiger partial charge in [0.15, 0.2) is 0 Å². The third kappa shape index (κ3) is 5.06. The molecule has 1 amide bonds. The van der Waals surface area contributed by atoms with E-state index < -0.39 is 0 Å². The normalized spacial score (nSPS) is 17.2. The number of carbonyl (C=O) groups is 1. The fraction of sp³-hybridized carbons (Fsp3) is 0.364. The molecule has 4 rings (SSSR count). The average molecular weight is 391 g/mol. The van der Waals surface area contributed by atoms with Gasteiger partial charge in [-0.1, -0.05) is 35.0 Å². The molecule has 2 aromatic heterocycles. The molecule has 7 nitrogen and oxygen atoms in total.